The quantitative estimate of drug-likeness (QED) is 0.825. The Bertz CT molecular complexity index is 672. The molecule has 5 heteroatoms. The highest BCUT2D eigenvalue weighted by Crippen LogP contribution is 2.42. The fourth-order valence-corrected chi connectivity index (χ4v) is 4.50. The maximum Gasteiger partial charge on any atom is 0.338 e. The van der Waals surface area contributed by atoms with Gasteiger partial charge in [-0.3, -0.25) is 4.79 Å². The highest BCUT2D eigenvalue weighted by Gasteiger charge is 2.40. The second-order valence-electron chi connectivity index (χ2n) is 7.64. The molecule has 2 bridgehead atoms. The lowest BCUT2D eigenvalue weighted by atomic mass is 9.65. The second kappa shape index (κ2) is 7.16. The molecule has 2 saturated carbocycles. The highest BCUT2D eigenvalue weighted by molar-refractivity contribution is 5.96. The number of amides is 1. The Hall–Kier alpha value is -1.88. The average Bonchev–Trinajstić information content (AvgIpc) is 2.56. The van der Waals surface area contributed by atoms with Gasteiger partial charge < -0.3 is 15.8 Å². The molecular weight excluding hydrogens is 316 g/mol. The van der Waals surface area contributed by atoms with Crippen molar-refractivity contribution in [2.24, 2.45) is 23.5 Å². The topological polar surface area (TPSA) is 81.4 Å². The molecule has 3 rings (SSSR count). The van der Waals surface area contributed by atoms with Crippen molar-refractivity contribution in [2.75, 3.05) is 12.4 Å². The van der Waals surface area contributed by atoms with Crippen LogP contribution in [0.2, 0.25) is 0 Å². The van der Waals surface area contributed by atoms with Crippen LogP contribution in [0.1, 0.15) is 53.6 Å². The normalized spacial score (nSPS) is 28.3. The number of nitrogens with two attached hydrogens (primary N) is 1. The van der Waals surface area contributed by atoms with Gasteiger partial charge in [0, 0.05) is 17.6 Å². The van der Waals surface area contributed by atoms with Crippen LogP contribution in [0, 0.1) is 31.6 Å². The molecule has 0 spiro atoms. The Labute approximate surface area is 149 Å². The van der Waals surface area contributed by atoms with Crippen molar-refractivity contribution in [3.8, 4) is 0 Å². The molecule has 1 amide bonds. The lowest BCUT2D eigenvalue weighted by molar-refractivity contribution is -0.122. The smallest absolute Gasteiger partial charge is 0.338 e. The first kappa shape index (κ1) is 17.9. The van der Waals surface area contributed by atoms with E-state index in [2.05, 4.69) is 5.32 Å². The van der Waals surface area contributed by atoms with Gasteiger partial charge in [-0.15, -0.1) is 0 Å². The number of fused-ring (bicyclic) bond motifs is 2. The van der Waals surface area contributed by atoms with Gasteiger partial charge in [-0.2, -0.15) is 0 Å². The summed E-state index contributed by atoms with van der Waals surface area (Å²) in [5.74, 6) is 0.610. The highest BCUT2D eigenvalue weighted by atomic mass is 16.5. The van der Waals surface area contributed by atoms with E-state index in [0.717, 1.165) is 36.8 Å². The molecule has 2 atom stereocenters. The SMILES string of the molecule is COC(=O)c1cc(NC(=O)C2CC3CCCC(C2)C3N)cc(C)c1C. The summed E-state index contributed by atoms with van der Waals surface area (Å²) in [6.07, 6.45) is 5.25. The van der Waals surface area contributed by atoms with Crippen molar-refractivity contribution in [1.82, 2.24) is 0 Å². The molecule has 2 aliphatic carbocycles. The van der Waals surface area contributed by atoms with Crippen molar-refractivity contribution in [3.63, 3.8) is 0 Å². The number of esters is 1. The molecule has 2 unspecified atom stereocenters. The second-order valence-corrected chi connectivity index (χ2v) is 7.64. The summed E-state index contributed by atoms with van der Waals surface area (Å²) < 4.78 is 4.84. The molecule has 1 aromatic rings. The zero-order valence-corrected chi connectivity index (χ0v) is 15.3. The first-order chi connectivity index (χ1) is 11.9. The molecule has 0 saturated heterocycles. The third-order valence-corrected chi connectivity index (χ3v) is 6.12. The zero-order chi connectivity index (χ0) is 18.1. The van der Waals surface area contributed by atoms with Gasteiger partial charge in [0.2, 0.25) is 5.91 Å². The van der Waals surface area contributed by atoms with E-state index in [1.807, 2.05) is 19.9 Å². The van der Waals surface area contributed by atoms with E-state index in [-0.39, 0.29) is 23.8 Å². The van der Waals surface area contributed by atoms with E-state index in [1.54, 1.807) is 6.07 Å². The number of rotatable bonds is 3. The molecule has 0 aromatic heterocycles. The molecule has 3 N–H and O–H groups in total. The monoisotopic (exact) mass is 344 g/mol. The maximum atomic E-state index is 12.8. The minimum atomic E-state index is -0.380. The fourth-order valence-electron chi connectivity index (χ4n) is 4.50. The van der Waals surface area contributed by atoms with Gasteiger partial charge in [-0.25, -0.2) is 4.79 Å². The molecule has 0 heterocycles. The van der Waals surface area contributed by atoms with Gasteiger partial charge in [0.25, 0.3) is 0 Å². The third kappa shape index (κ3) is 3.56. The Morgan fingerprint density at radius 3 is 2.40 bits per heavy atom. The van der Waals surface area contributed by atoms with Crippen LogP contribution in [0.15, 0.2) is 12.1 Å². The number of benzene rings is 1. The van der Waals surface area contributed by atoms with E-state index in [4.69, 9.17) is 10.5 Å². The number of hydrogen-bond donors (Lipinski definition) is 2. The van der Waals surface area contributed by atoms with Crippen molar-refractivity contribution in [3.05, 3.63) is 28.8 Å². The summed E-state index contributed by atoms with van der Waals surface area (Å²) in [4.78, 5) is 24.7. The molecule has 25 heavy (non-hydrogen) atoms. The Kier molecular flexibility index (Phi) is 5.13. The summed E-state index contributed by atoms with van der Waals surface area (Å²) in [6.45, 7) is 3.82. The summed E-state index contributed by atoms with van der Waals surface area (Å²) in [5.41, 5.74) is 9.32. The van der Waals surface area contributed by atoms with E-state index < -0.39 is 0 Å². The van der Waals surface area contributed by atoms with Gasteiger partial charge >= 0.3 is 5.97 Å². The number of aryl methyl sites for hydroxylation is 1. The average molecular weight is 344 g/mol. The van der Waals surface area contributed by atoms with Crippen molar-refractivity contribution in [2.45, 2.75) is 52.0 Å². The Balaban J connectivity index is 1.75. The van der Waals surface area contributed by atoms with E-state index in [9.17, 15) is 9.59 Å². The summed E-state index contributed by atoms with van der Waals surface area (Å²) in [7, 11) is 1.37. The minimum absolute atomic E-state index is 0.0123. The van der Waals surface area contributed by atoms with Gasteiger partial charge in [-0.1, -0.05) is 6.42 Å². The molecule has 136 valence electrons. The number of ether oxygens (including phenoxy) is 1. The van der Waals surface area contributed by atoms with Gasteiger partial charge in [0.05, 0.1) is 12.7 Å². The molecule has 0 radical (unpaired) electrons. The number of methoxy groups -OCH3 is 1. The lowest BCUT2D eigenvalue weighted by Crippen LogP contribution is -2.48. The van der Waals surface area contributed by atoms with Gasteiger partial charge in [0.15, 0.2) is 0 Å². The first-order valence-electron chi connectivity index (χ1n) is 9.16. The number of anilines is 1. The Morgan fingerprint density at radius 2 is 1.80 bits per heavy atom. The largest absolute Gasteiger partial charge is 0.465 e. The van der Waals surface area contributed by atoms with Crippen LogP contribution in [0.5, 0.6) is 0 Å². The number of carbonyl (C=O) groups excluding carboxylic acids is 2. The van der Waals surface area contributed by atoms with E-state index in [0.29, 0.717) is 23.1 Å². The number of nitrogens with one attached hydrogen (secondary N) is 1. The molecular formula is C20H28N2O3. The predicted octanol–water partition coefficient (Wildman–Crippen LogP) is 3.18. The zero-order valence-electron chi connectivity index (χ0n) is 15.3. The van der Waals surface area contributed by atoms with Gasteiger partial charge in [0.1, 0.15) is 0 Å². The van der Waals surface area contributed by atoms with Crippen LogP contribution < -0.4 is 11.1 Å². The van der Waals surface area contributed by atoms with Crippen LogP contribution in [0.4, 0.5) is 5.69 Å². The van der Waals surface area contributed by atoms with Crippen LogP contribution >= 0.6 is 0 Å². The summed E-state index contributed by atoms with van der Waals surface area (Å²) >= 11 is 0. The van der Waals surface area contributed by atoms with Crippen LogP contribution in [0.3, 0.4) is 0 Å². The predicted molar refractivity (Wildman–Crippen MR) is 97.4 cm³/mol. The molecule has 1 aromatic carbocycles. The molecule has 0 aliphatic heterocycles. The summed E-state index contributed by atoms with van der Waals surface area (Å²) in [6, 6.07) is 3.88. The standard InChI is InChI=1S/C20H28N2O3/c1-11-7-16(10-17(12(11)2)20(24)25-3)22-19(23)15-8-13-5-4-6-14(9-15)18(13)21/h7,10,13-15,18H,4-6,8-9,21H2,1-3H3,(H,22,23). The molecule has 2 aliphatic rings. The summed E-state index contributed by atoms with van der Waals surface area (Å²) in [5, 5.41) is 3.02. The van der Waals surface area contributed by atoms with Crippen LogP contribution in [0.25, 0.3) is 0 Å². The third-order valence-electron chi connectivity index (χ3n) is 6.12. The first-order valence-corrected chi connectivity index (χ1v) is 9.16. The number of hydrogen-bond acceptors (Lipinski definition) is 4. The fraction of sp³-hybridized carbons (Fsp3) is 0.600. The van der Waals surface area contributed by atoms with Crippen LogP contribution in [-0.2, 0) is 9.53 Å². The Morgan fingerprint density at radius 1 is 1.16 bits per heavy atom. The molecule has 2 fully saturated rings. The van der Waals surface area contributed by atoms with Crippen LogP contribution in [-0.4, -0.2) is 25.0 Å². The molecule has 5 nitrogen and oxygen atoms in total. The van der Waals surface area contributed by atoms with Crippen molar-refractivity contribution < 1.29 is 14.3 Å². The lowest BCUT2D eigenvalue weighted by Gasteiger charge is -2.43. The van der Waals surface area contributed by atoms with Gasteiger partial charge in [-0.05, 0) is 74.6 Å². The van der Waals surface area contributed by atoms with Crippen molar-refractivity contribution in [1.29, 1.82) is 0 Å². The number of carbonyl (C=O) groups is 2. The van der Waals surface area contributed by atoms with E-state index in [1.165, 1.54) is 13.5 Å². The minimum Gasteiger partial charge on any atom is -0.465 e. The maximum absolute atomic E-state index is 12.8. The van der Waals surface area contributed by atoms with Crippen molar-refractivity contribution >= 4 is 17.6 Å². The van der Waals surface area contributed by atoms with E-state index >= 15 is 0 Å².